The summed E-state index contributed by atoms with van der Waals surface area (Å²) in [6.45, 7) is 10.0. The first-order valence-corrected chi connectivity index (χ1v) is 7.42. The lowest BCUT2D eigenvalue weighted by Gasteiger charge is -2.08. The molecule has 2 nitrogen and oxygen atoms in total. The van der Waals surface area contributed by atoms with E-state index in [2.05, 4.69) is 60.2 Å². The summed E-state index contributed by atoms with van der Waals surface area (Å²) in [7, 11) is 0. The van der Waals surface area contributed by atoms with E-state index in [1.54, 1.807) is 0 Å². The van der Waals surface area contributed by atoms with E-state index in [0.29, 0.717) is 0 Å². The molecule has 18 heavy (non-hydrogen) atoms. The van der Waals surface area contributed by atoms with E-state index < -0.39 is 0 Å². The Hall–Kier alpha value is -0.380. The summed E-state index contributed by atoms with van der Waals surface area (Å²) >= 11 is 3.51. The van der Waals surface area contributed by atoms with Crippen LogP contribution in [0.3, 0.4) is 0 Å². The predicted octanol–water partition coefficient (Wildman–Crippen LogP) is 3.91. The maximum Gasteiger partial charge on any atom is 0.0591 e. The lowest BCUT2D eigenvalue weighted by molar-refractivity contribution is 0.125. The van der Waals surface area contributed by atoms with Crippen molar-refractivity contribution >= 4 is 15.9 Å². The van der Waals surface area contributed by atoms with Crippen LogP contribution in [-0.4, -0.2) is 19.8 Å². The minimum atomic E-state index is 0.726. The van der Waals surface area contributed by atoms with Gasteiger partial charge in [0.25, 0.3) is 0 Å². The molecule has 0 saturated carbocycles. The first-order chi connectivity index (χ1) is 8.59. The molecule has 0 aliphatic rings. The third kappa shape index (κ3) is 6.53. The molecule has 1 aromatic carbocycles. The van der Waals surface area contributed by atoms with Crippen LogP contribution in [0, 0.1) is 12.8 Å². The quantitative estimate of drug-likeness (QED) is 0.735. The maximum atomic E-state index is 5.56. The Kier molecular flexibility index (Phi) is 7.56. The highest BCUT2D eigenvalue weighted by atomic mass is 79.9. The molecule has 0 atom stereocenters. The number of benzene rings is 1. The second-order valence-electron chi connectivity index (χ2n) is 5.06. The summed E-state index contributed by atoms with van der Waals surface area (Å²) in [5, 5.41) is 3.40. The van der Waals surface area contributed by atoms with Gasteiger partial charge in [-0.05, 0) is 36.5 Å². The number of ether oxygens (including phenoxy) is 1. The fourth-order valence-electron chi connectivity index (χ4n) is 1.61. The summed E-state index contributed by atoms with van der Waals surface area (Å²) in [6, 6.07) is 6.45. The minimum Gasteiger partial charge on any atom is -0.380 e. The first kappa shape index (κ1) is 15.7. The zero-order chi connectivity index (χ0) is 13.4. The van der Waals surface area contributed by atoms with Crippen LogP contribution in [-0.2, 0) is 11.3 Å². The molecule has 0 aromatic heterocycles. The van der Waals surface area contributed by atoms with Gasteiger partial charge < -0.3 is 10.1 Å². The summed E-state index contributed by atoms with van der Waals surface area (Å²) in [5.41, 5.74) is 2.60. The summed E-state index contributed by atoms with van der Waals surface area (Å²) in [5.74, 6) is 0.726. The van der Waals surface area contributed by atoms with Gasteiger partial charge in [0.1, 0.15) is 0 Å². The highest BCUT2D eigenvalue weighted by Crippen LogP contribution is 2.16. The number of nitrogens with one attached hydrogen (secondary N) is 1. The number of halogens is 1. The molecule has 0 spiro atoms. The highest BCUT2D eigenvalue weighted by Gasteiger charge is 1.97. The van der Waals surface area contributed by atoms with Crippen LogP contribution in [0.25, 0.3) is 0 Å². The van der Waals surface area contributed by atoms with Crippen molar-refractivity contribution in [1.82, 2.24) is 5.32 Å². The van der Waals surface area contributed by atoms with Crippen molar-refractivity contribution < 1.29 is 4.74 Å². The summed E-state index contributed by atoms with van der Waals surface area (Å²) in [4.78, 5) is 0. The fourth-order valence-corrected chi connectivity index (χ4v) is 1.86. The van der Waals surface area contributed by atoms with Gasteiger partial charge in [-0.15, -0.1) is 0 Å². The molecule has 0 unspecified atom stereocenters. The van der Waals surface area contributed by atoms with Gasteiger partial charge in [0.2, 0.25) is 0 Å². The molecule has 0 saturated heterocycles. The minimum absolute atomic E-state index is 0.726. The molecule has 1 rings (SSSR count). The number of rotatable bonds is 8. The van der Waals surface area contributed by atoms with Crippen molar-refractivity contribution in [3.05, 3.63) is 33.8 Å². The SMILES string of the molecule is Cc1cc(CNCCOCCC(C)C)ccc1Br. The Labute approximate surface area is 119 Å². The van der Waals surface area contributed by atoms with Crippen LogP contribution in [0.4, 0.5) is 0 Å². The van der Waals surface area contributed by atoms with Crippen molar-refractivity contribution in [1.29, 1.82) is 0 Å². The number of hydrogen-bond acceptors (Lipinski definition) is 2. The van der Waals surface area contributed by atoms with Crippen molar-refractivity contribution in [2.24, 2.45) is 5.92 Å². The smallest absolute Gasteiger partial charge is 0.0591 e. The molecular weight excluding hydrogens is 290 g/mol. The number of hydrogen-bond donors (Lipinski definition) is 1. The molecule has 0 aliphatic carbocycles. The zero-order valence-electron chi connectivity index (χ0n) is 11.6. The fraction of sp³-hybridized carbons (Fsp3) is 0.600. The molecule has 0 heterocycles. The topological polar surface area (TPSA) is 21.3 Å². The van der Waals surface area contributed by atoms with E-state index in [0.717, 1.165) is 38.6 Å². The van der Waals surface area contributed by atoms with Gasteiger partial charge in [-0.25, -0.2) is 0 Å². The van der Waals surface area contributed by atoms with Crippen LogP contribution in [0.15, 0.2) is 22.7 Å². The van der Waals surface area contributed by atoms with E-state index in [1.807, 2.05) is 0 Å². The Bertz CT molecular complexity index is 352. The van der Waals surface area contributed by atoms with E-state index in [-0.39, 0.29) is 0 Å². The molecular formula is C15H24BrNO. The van der Waals surface area contributed by atoms with Gasteiger partial charge in [-0.1, -0.05) is 41.9 Å². The van der Waals surface area contributed by atoms with Crippen molar-refractivity contribution in [3.63, 3.8) is 0 Å². The Morgan fingerprint density at radius 3 is 2.72 bits per heavy atom. The van der Waals surface area contributed by atoms with Gasteiger partial charge in [-0.3, -0.25) is 0 Å². The molecule has 0 aliphatic heterocycles. The largest absolute Gasteiger partial charge is 0.380 e. The standard InChI is InChI=1S/C15H24BrNO/c1-12(2)6-8-18-9-7-17-11-14-4-5-15(16)13(3)10-14/h4-5,10,12,17H,6-9,11H2,1-3H3. The van der Waals surface area contributed by atoms with Crippen molar-refractivity contribution in [2.45, 2.75) is 33.7 Å². The second-order valence-corrected chi connectivity index (χ2v) is 5.91. The van der Waals surface area contributed by atoms with Gasteiger partial charge in [0.15, 0.2) is 0 Å². The van der Waals surface area contributed by atoms with Crippen LogP contribution in [0.2, 0.25) is 0 Å². The lowest BCUT2D eigenvalue weighted by atomic mass is 10.1. The number of aryl methyl sites for hydroxylation is 1. The van der Waals surface area contributed by atoms with E-state index >= 15 is 0 Å². The van der Waals surface area contributed by atoms with Gasteiger partial charge in [0.05, 0.1) is 6.61 Å². The van der Waals surface area contributed by atoms with Gasteiger partial charge in [0, 0.05) is 24.2 Å². The molecule has 1 N–H and O–H groups in total. The monoisotopic (exact) mass is 313 g/mol. The molecule has 0 radical (unpaired) electrons. The van der Waals surface area contributed by atoms with E-state index in [4.69, 9.17) is 4.74 Å². The predicted molar refractivity (Wildman–Crippen MR) is 80.9 cm³/mol. The first-order valence-electron chi connectivity index (χ1n) is 6.63. The average Bonchev–Trinajstić information content (AvgIpc) is 2.32. The Balaban J connectivity index is 2.09. The highest BCUT2D eigenvalue weighted by molar-refractivity contribution is 9.10. The van der Waals surface area contributed by atoms with Crippen LogP contribution in [0.5, 0.6) is 0 Å². The molecule has 0 amide bonds. The molecule has 1 aromatic rings. The summed E-state index contributed by atoms with van der Waals surface area (Å²) < 4.78 is 6.72. The van der Waals surface area contributed by atoms with Crippen LogP contribution < -0.4 is 5.32 Å². The zero-order valence-corrected chi connectivity index (χ0v) is 13.2. The van der Waals surface area contributed by atoms with Gasteiger partial charge >= 0.3 is 0 Å². The van der Waals surface area contributed by atoms with Crippen molar-refractivity contribution in [2.75, 3.05) is 19.8 Å². The van der Waals surface area contributed by atoms with Crippen LogP contribution in [0.1, 0.15) is 31.4 Å². The lowest BCUT2D eigenvalue weighted by Crippen LogP contribution is -2.19. The third-order valence-corrected chi connectivity index (χ3v) is 3.70. The molecule has 3 heteroatoms. The normalized spacial score (nSPS) is 11.2. The Morgan fingerprint density at radius 1 is 1.28 bits per heavy atom. The maximum absolute atomic E-state index is 5.56. The average molecular weight is 314 g/mol. The molecule has 0 bridgehead atoms. The van der Waals surface area contributed by atoms with E-state index in [1.165, 1.54) is 15.6 Å². The Morgan fingerprint density at radius 2 is 2.06 bits per heavy atom. The van der Waals surface area contributed by atoms with Crippen LogP contribution >= 0.6 is 15.9 Å². The second kappa shape index (κ2) is 8.68. The van der Waals surface area contributed by atoms with Crippen molar-refractivity contribution in [3.8, 4) is 0 Å². The molecule has 0 fully saturated rings. The molecule has 102 valence electrons. The van der Waals surface area contributed by atoms with Gasteiger partial charge in [-0.2, -0.15) is 0 Å². The third-order valence-electron chi connectivity index (χ3n) is 2.81. The van der Waals surface area contributed by atoms with E-state index in [9.17, 15) is 0 Å². The summed E-state index contributed by atoms with van der Waals surface area (Å²) in [6.07, 6.45) is 1.14.